The van der Waals surface area contributed by atoms with Crippen LogP contribution >= 0.6 is 23.4 Å². The summed E-state index contributed by atoms with van der Waals surface area (Å²) in [7, 11) is -13.9. The summed E-state index contributed by atoms with van der Waals surface area (Å²) >= 11 is 2.03. The molecule has 0 saturated carbocycles. The molecule has 1 saturated heterocycles. The van der Waals surface area contributed by atoms with E-state index in [9.17, 15) is 58.6 Å². The van der Waals surface area contributed by atoms with E-state index in [4.69, 9.17) is 4.84 Å². The molecule has 2 aliphatic heterocycles. The average molecular weight is 943 g/mol. The van der Waals surface area contributed by atoms with Crippen LogP contribution in [0.4, 0.5) is 5.69 Å². The Labute approximate surface area is 360 Å². The van der Waals surface area contributed by atoms with Crippen molar-refractivity contribution in [1.82, 2.24) is 5.06 Å². The van der Waals surface area contributed by atoms with Crippen molar-refractivity contribution in [2.24, 2.45) is 0 Å². The van der Waals surface area contributed by atoms with Crippen molar-refractivity contribution >= 4 is 93.5 Å². The Morgan fingerprint density at radius 3 is 2.28 bits per heavy atom. The Hall–Kier alpha value is -4.08. The number of aryl methyl sites for hydroxylation is 1. The fraction of sp³-hybridized carbons (Fsp3) is 0.405. The number of carbonyl (C=O) groups excluding carboxylic acids is 3. The summed E-state index contributed by atoms with van der Waals surface area (Å²) < 4.78 is 112. The van der Waals surface area contributed by atoms with Crippen LogP contribution in [0.5, 0.6) is 0 Å². The van der Waals surface area contributed by atoms with Gasteiger partial charge in [0.1, 0.15) is 14.8 Å². The van der Waals surface area contributed by atoms with E-state index in [0.29, 0.717) is 69.6 Å². The van der Waals surface area contributed by atoms with Gasteiger partial charge >= 0.3 is 5.97 Å². The van der Waals surface area contributed by atoms with Crippen molar-refractivity contribution in [1.29, 1.82) is 0 Å². The molecule has 0 bridgehead atoms. The number of unbranched alkanes of at least 4 members (excludes halogenated alkanes) is 2. The average Bonchev–Trinajstić information content (AvgIpc) is 3.76. The Balaban J connectivity index is 1.43. The number of nitrogens with zero attached hydrogens (tertiary/aromatic N) is 3. The molecular formula is C37H40N3O16S5-3. The zero-order valence-electron chi connectivity index (χ0n) is 32.5. The van der Waals surface area contributed by atoms with Gasteiger partial charge in [-0.15, -0.1) is 5.06 Å². The van der Waals surface area contributed by atoms with Crippen LogP contribution < -0.4 is 14.7 Å². The van der Waals surface area contributed by atoms with E-state index in [1.165, 1.54) is 23.5 Å². The lowest BCUT2D eigenvalue weighted by atomic mass is 9.77. The summed E-state index contributed by atoms with van der Waals surface area (Å²) in [5.74, 6) is -3.21. The fourth-order valence-electron chi connectivity index (χ4n) is 7.11. The topological polar surface area (TPSA) is 284 Å². The van der Waals surface area contributed by atoms with E-state index in [1.54, 1.807) is 53.5 Å². The maximum atomic E-state index is 12.4. The quantitative estimate of drug-likeness (QED) is 0.0204. The molecule has 0 aliphatic carbocycles. The molecule has 1 unspecified atom stereocenters. The Morgan fingerprint density at radius 2 is 1.61 bits per heavy atom. The highest BCUT2D eigenvalue weighted by molar-refractivity contribution is 7.94. The van der Waals surface area contributed by atoms with Crippen LogP contribution in [0.3, 0.4) is 0 Å². The number of aromatic nitrogens is 1. The third-order valence-corrected chi connectivity index (χ3v) is 14.0. The Bertz CT molecular complexity index is 2560. The van der Waals surface area contributed by atoms with Gasteiger partial charge < -0.3 is 28.7 Å². The van der Waals surface area contributed by atoms with Crippen molar-refractivity contribution < 1.29 is 77.3 Å². The minimum Gasteiger partial charge on any atom is -0.748 e. The highest BCUT2D eigenvalue weighted by Gasteiger charge is 2.43. The number of carbonyl (C=O) groups is 3. The monoisotopic (exact) mass is 942 g/mol. The fourth-order valence-corrected chi connectivity index (χ4v) is 10.2. The first-order valence-electron chi connectivity index (χ1n) is 18.7. The largest absolute Gasteiger partial charge is 0.748 e. The van der Waals surface area contributed by atoms with Gasteiger partial charge in [0, 0.05) is 77.6 Å². The standard InChI is InChI=1S/C37H43N3O16S5/c1-37(19-7-3-6-12-36(43)54-40-33(41)17-18-34(40)42)28-25-27(61(51,52)53)14-16-29(28)38(20-8-22-59(45,46)47)32(37)10-4-2-5-11-35-39(21-9-23-60(48,49)50)30-15-13-26(58-56-55-44)24-31(30)57-35/h2,4-5,10-11,13-16,24-25H,3,6-9,12,17-23H2,1H3,(H3-,44,45,46,47,48,49,50,51,52,53)/p-3. The van der Waals surface area contributed by atoms with Gasteiger partial charge in [0.25, 0.3) is 16.8 Å². The predicted octanol–water partition coefficient (Wildman–Crippen LogP) is 2.98. The number of thiazole rings is 1. The molecular weight excluding hydrogens is 903 g/mol. The van der Waals surface area contributed by atoms with E-state index in [1.807, 2.05) is 11.5 Å². The summed E-state index contributed by atoms with van der Waals surface area (Å²) in [6.45, 7) is 2.05. The van der Waals surface area contributed by atoms with Crippen LogP contribution in [0, 0.1) is 0 Å². The minimum atomic E-state index is -4.89. The number of allylic oxidation sites excluding steroid dienone is 5. The van der Waals surface area contributed by atoms with Crippen molar-refractivity contribution in [2.75, 3.05) is 23.0 Å². The molecule has 61 heavy (non-hydrogen) atoms. The number of amides is 2. The number of benzene rings is 2. The molecule has 332 valence electrons. The van der Waals surface area contributed by atoms with Gasteiger partial charge in [-0.2, -0.15) is 8.90 Å². The van der Waals surface area contributed by atoms with Gasteiger partial charge in [0.05, 0.1) is 37.2 Å². The number of anilines is 1. The van der Waals surface area contributed by atoms with E-state index in [2.05, 4.69) is 9.37 Å². The number of imide groups is 1. The molecule has 1 atom stereocenters. The van der Waals surface area contributed by atoms with Crippen LogP contribution in [0.1, 0.15) is 75.3 Å². The molecule has 3 aromatic rings. The van der Waals surface area contributed by atoms with Crippen molar-refractivity contribution in [3.8, 4) is 0 Å². The van der Waals surface area contributed by atoms with Crippen LogP contribution in [-0.4, -0.2) is 79.8 Å². The van der Waals surface area contributed by atoms with Crippen LogP contribution in [0.25, 0.3) is 16.3 Å². The van der Waals surface area contributed by atoms with E-state index < -0.39 is 70.0 Å². The predicted molar refractivity (Wildman–Crippen MR) is 214 cm³/mol. The minimum absolute atomic E-state index is 0.0376. The zero-order valence-corrected chi connectivity index (χ0v) is 36.5. The third-order valence-electron chi connectivity index (χ3n) is 9.88. The molecule has 3 heterocycles. The summed E-state index contributed by atoms with van der Waals surface area (Å²) in [5, 5.41) is 14.9. The molecule has 1 aromatic heterocycles. The second-order valence-electron chi connectivity index (χ2n) is 14.2. The van der Waals surface area contributed by atoms with Gasteiger partial charge in [-0.1, -0.05) is 42.4 Å². The molecule has 2 aliphatic rings. The highest BCUT2D eigenvalue weighted by atomic mass is 32.2. The Kier molecular flexibility index (Phi) is 16.0. The SMILES string of the molecule is CC1(CCCCCC(=O)ON2C(=O)CCC2=O)/C(=C/C=C/C=C/c2sc3cc(SOO[O-])ccc3[n+]2CCCS(=O)(=O)[O-])N(CCCS(=O)(=O)[O-])c2ccc(S(=O)(=O)[O-])cc21. The smallest absolute Gasteiger partial charge is 0.333 e. The van der Waals surface area contributed by atoms with Gasteiger partial charge in [0.2, 0.25) is 5.52 Å². The van der Waals surface area contributed by atoms with Crippen molar-refractivity contribution in [3.63, 3.8) is 0 Å². The summed E-state index contributed by atoms with van der Waals surface area (Å²) in [6.07, 6.45) is 9.91. The summed E-state index contributed by atoms with van der Waals surface area (Å²) in [5.41, 5.74) is 1.28. The molecule has 0 radical (unpaired) electrons. The highest BCUT2D eigenvalue weighted by Crippen LogP contribution is 2.51. The van der Waals surface area contributed by atoms with Gasteiger partial charge in [-0.05, 0) is 68.2 Å². The number of fused-ring (bicyclic) bond motifs is 2. The maximum absolute atomic E-state index is 12.4. The van der Waals surface area contributed by atoms with Gasteiger partial charge in [-0.3, -0.25) is 14.6 Å². The first-order valence-corrected chi connectivity index (χ1v) is 24.8. The maximum Gasteiger partial charge on any atom is 0.333 e. The van der Waals surface area contributed by atoms with Crippen molar-refractivity contribution in [2.45, 2.75) is 86.5 Å². The van der Waals surface area contributed by atoms with E-state index in [0.717, 1.165) is 16.3 Å². The lowest BCUT2D eigenvalue weighted by Gasteiger charge is -2.31. The molecule has 24 heteroatoms. The first-order chi connectivity index (χ1) is 28.7. The molecule has 5 rings (SSSR count). The van der Waals surface area contributed by atoms with Crippen LogP contribution in [0.15, 0.2) is 76.2 Å². The zero-order chi connectivity index (χ0) is 44.6. The van der Waals surface area contributed by atoms with Gasteiger partial charge in [-0.25, -0.2) is 30.0 Å². The molecule has 0 N–H and O–H groups in total. The molecule has 0 spiro atoms. The Morgan fingerprint density at radius 1 is 0.902 bits per heavy atom. The second kappa shape index (κ2) is 20.4. The normalized spacial score (nSPS) is 18.1. The van der Waals surface area contributed by atoms with E-state index in [-0.39, 0.29) is 45.2 Å². The van der Waals surface area contributed by atoms with Gasteiger partial charge in [0.15, 0.2) is 6.54 Å². The number of rotatable bonds is 22. The van der Waals surface area contributed by atoms with E-state index >= 15 is 0 Å². The number of hydrogen-bond donors (Lipinski definition) is 0. The first kappa shape index (κ1) is 48.0. The van der Waals surface area contributed by atoms with Crippen LogP contribution in [0.2, 0.25) is 0 Å². The van der Waals surface area contributed by atoms with Crippen LogP contribution in [-0.2, 0) is 70.9 Å². The molecule has 2 aromatic carbocycles. The van der Waals surface area contributed by atoms with Crippen molar-refractivity contribution in [3.05, 3.63) is 77.0 Å². The lowest BCUT2D eigenvalue weighted by Crippen LogP contribution is -2.36. The summed E-state index contributed by atoms with van der Waals surface area (Å²) in [4.78, 5) is 42.8. The lowest BCUT2D eigenvalue weighted by molar-refractivity contribution is -0.777. The second-order valence-corrected chi connectivity index (χ2v) is 20.5. The molecule has 1 fully saturated rings. The summed E-state index contributed by atoms with van der Waals surface area (Å²) in [6, 6.07) is 9.03. The molecule has 2 amide bonds. The number of hydroxylamine groups is 2. The number of hydrogen-bond acceptors (Lipinski definition) is 19. The molecule has 19 nitrogen and oxygen atoms in total. The third kappa shape index (κ3) is 13.0.